The Hall–Kier alpha value is -3.24. The number of ketones is 1. The van der Waals surface area contributed by atoms with Crippen LogP contribution < -0.4 is 0 Å². The fourth-order valence-corrected chi connectivity index (χ4v) is 4.03. The highest BCUT2D eigenvalue weighted by atomic mass is 32.1. The topological polar surface area (TPSA) is 53.8 Å². The van der Waals surface area contributed by atoms with Gasteiger partial charge in [-0.2, -0.15) is 18.4 Å². The van der Waals surface area contributed by atoms with Crippen LogP contribution in [-0.4, -0.2) is 10.8 Å². The smallest absolute Gasteiger partial charge is 0.292 e. The molecule has 3 nitrogen and oxygen atoms in total. The zero-order chi connectivity index (χ0) is 19.9. The Morgan fingerprint density at radius 3 is 2.50 bits per heavy atom. The van der Waals surface area contributed by atoms with Crippen molar-refractivity contribution < 1.29 is 18.0 Å². The van der Waals surface area contributed by atoms with Crippen LogP contribution in [0.5, 0.6) is 0 Å². The van der Waals surface area contributed by atoms with E-state index in [9.17, 15) is 23.2 Å². The van der Waals surface area contributed by atoms with Crippen LogP contribution in [0, 0.1) is 11.3 Å². The third kappa shape index (κ3) is 3.23. The number of aromatic nitrogens is 1. The first-order valence-corrected chi connectivity index (χ1v) is 9.09. The molecule has 0 N–H and O–H groups in total. The number of halogens is 3. The number of rotatable bonds is 3. The summed E-state index contributed by atoms with van der Waals surface area (Å²) in [4.78, 5) is 17.1. The molecule has 4 aromatic rings. The monoisotopic (exact) mass is 396 g/mol. The second-order valence-electron chi connectivity index (χ2n) is 6.22. The van der Waals surface area contributed by atoms with Gasteiger partial charge in [0.15, 0.2) is 11.7 Å². The van der Waals surface area contributed by atoms with Crippen molar-refractivity contribution >= 4 is 38.1 Å². The zero-order valence-electron chi connectivity index (χ0n) is 14.2. The first-order valence-electron chi connectivity index (χ1n) is 8.27. The number of carbonyl (C=O) groups is 1. The number of hydrogen-bond donors (Lipinski definition) is 0. The van der Waals surface area contributed by atoms with Crippen molar-refractivity contribution in [1.82, 2.24) is 4.98 Å². The van der Waals surface area contributed by atoms with Gasteiger partial charge < -0.3 is 0 Å². The lowest BCUT2D eigenvalue weighted by atomic mass is 9.97. The molecule has 0 spiro atoms. The van der Waals surface area contributed by atoms with E-state index in [4.69, 9.17) is 0 Å². The average molecular weight is 396 g/mol. The largest absolute Gasteiger partial charge is 0.416 e. The minimum absolute atomic E-state index is 0.190. The van der Waals surface area contributed by atoms with Gasteiger partial charge >= 0.3 is 6.18 Å². The molecule has 0 aliphatic heterocycles. The van der Waals surface area contributed by atoms with Crippen LogP contribution in [-0.2, 0) is 6.18 Å². The van der Waals surface area contributed by atoms with Gasteiger partial charge in [0.1, 0.15) is 5.01 Å². The zero-order valence-corrected chi connectivity index (χ0v) is 15.0. The highest BCUT2D eigenvalue weighted by Crippen LogP contribution is 2.35. The highest BCUT2D eigenvalue weighted by Gasteiger charge is 2.31. The quantitative estimate of drug-likeness (QED) is 0.402. The molecule has 0 radical (unpaired) electrons. The lowest BCUT2D eigenvalue weighted by molar-refractivity contribution is -0.137. The van der Waals surface area contributed by atoms with E-state index < -0.39 is 23.4 Å². The van der Waals surface area contributed by atoms with E-state index >= 15 is 0 Å². The predicted octanol–water partition coefficient (Wildman–Crippen LogP) is 5.96. The van der Waals surface area contributed by atoms with Gasteiger partial charge in [-0.15, -0.1) is 11.3 Å². The number of Topliss-reactive ketones (excluding diaryl/α,β-unsaturated/α-hetero) is 1. The Morgan fingerprint density at radius 1 is 1.04 bits per heavy atom. The first-order chi connectivity index (χ1) is 13.4. The molecule has 3 aromatic carbocycles. The van der Waals surface area contributed by atoms with E-state index in [-0.39, 0.29) is 9.71 Å². The van der Waals surface area contributed by atoms with Crippen LogP contribution >= 0.6 is 11.3 Å². The molecule has 0 bridgehead atoms. The summed E-state index contributed by atoms with van der Waals surface area (Å²) in [6, 6.07) is 17.8. The van der Waals surface area contributed by atoms with E-state index in [1.807, 2.05) is 30.3 Å². The third-order valence-corrected chi connectivity index (χ3v) is 5.49. The minimum Gasteiger partial charge on any atom is -0.292 e. The molecule has 1 atom stereocenters. The molecule has 0 saturated heterocycles. The molecule has 1 aromatic heterocycles. The molecule has 0 fully saturated rings. The molecule has 0 amide bonds. The first kappa shape index (κ1) is 18.1. The molecule has 28 heavy (non-hydrogen) atoms. The van der Waals surface area contributed by atoms with E-state index in [1.54, 1.807) is 18.2 Å². The van der Waals surface area contributed by atoms with E-state index in [2.05, 4.69) is 4.98 Å². The number of alkyl halides is 3. The summed E-state index contributed by atoms with van der Waals surface area (Å²) in [5.74, 6) is -1.60. The Balaban J connectivity index is 1.73. The lowest BCUT2D eigenvalue weighted by Crippen LogP contribution is -2.11. The molecule has 0 unspecified atom stereocenters. The van der Waals surface area contributed by atoms with Crippen LogP contribution in [0.15, 0.2) is 60.7 Å². The van der Waals surface area contributed by atoms with Crippen molar-refractivity contribution in [2.24, 2.45) is 0 Å². The Bertz CT molecular complexity index is 1250. The molecule has 1 heterocycles. The summed E-state index contributed by atoms with van der Waals surface area (Å²) in [6.07, 6.45) is -4.46. The summed E-state index contributed by atoms with van der Waals surface area (Å²) in [7, 11) is 0. The van der Waals surface area contributed by atoms with Gasteiger partial charge in [0.2, 0.25) is 0 Å². The molecule has 0 saturated carbocycles. The predicted molar refractivity (Wildman–Crippen MR) is 101 cm³/mol. The Labute approximate surface area is 161 Å². The number of nitrogens with zero attached hydrogens (tertiary/aromatic N) is 2. The maximum absolute atomic E-state index is 12.9. The van der Waals surface area contributed by atoms with Crippen LogP contribution in [0.2, 0.25) is 0 Å². The molecule has 0 aliphatic rings. The number of thiazole rings is 1. The van der Waals surface area contributed by atoms with Gasteiger partial charge in [0, 0.05) is 5.56 Å². The fraction of sp³-hybridized carbons (Fsp3) is 0.0952. The second-order valence-corrected chi connectivity index (χ2v) is 7.28. The second kappa shape index (κ2) is 6.73. The number of hydrogen-bond acceptors (Lipinski definition) is 4. The highest BCUT2D eigenvalue weighted by molar-refractivity contribution is 7.18. The van der Waals surface area contributed by atoms with Crippen molar-refractivity contribution in [2.75, 3.05) is 0 Å². The van der Waals surface area contributed by atoms with Gasteiger partial charge in [0.05, 0.1) is 21.8 Å². The summed E-state index contributed by atoms with van der Waals surface area (Å²) in [5, 5.41) is 11.6. The van der Waals surface area contributed by atoms with Crippen molar-refractivity contribution in [3.63, 3.8) is 0 Å². The van der Waals surface area contributed by atoms with Gasteiger partial charge in [-0.05, 0) is 35.0 Å². The molecule has 0 aliphatic carbocycles. The summed E-state index contributed by atoms with van der Waals surface area (Å²) < 4.78 is 39.0. The van der Waals surface area contributed by atoms with Crippen molar-refractivity contribution in [3.05, 3.63) is 76.8 Å². The number of fused-ring (bicyclic) bond motifs is 2. The fourth-order valence-electron chi connectivity index (χ4n) is 2.98. The van der Waals surface area contributed by atoms with Crippen molar-refractivity contribution in [2.45, 2.75) is 12.1 Å². The molecule has 138 valence electrons. The van der Waals surface area contributed by atoms with Gasteiger partial charge in [0.25, 0.3) is 0 Å². The van der Waals surface area contributed by atoms with Crippen LogP contribution in [0.25, 0.3) is 21.0 Å². The van der Waals surface area contributed by atoms with E-state index in [0.29, 0.717) is 11.1 Å². The normalized spacial score (nSPS) is 12.8. The maximum Gasteiger partial charge on any atom is 0.416 e. The van der Waals surface area contributed by atoms with Gasteiger partial charge in [-0.1, -0.05) is 36.4 Å². The molecule has 7 heteroatoms. The Morgan fingerprint density at radius 2 is 1.79 bits per heavy atom. The summed E-state index contributed by atoms with van der Waals surface area (Å²) >= 11 is 0.932. The van der Waals surface area contributed by atoms with Gasteiger partial charge in [-0.25, -0.2) is 4.98 Å². The van der Waals surface area contributed by atoms with Crippen LogP contribution in [0.3, 0.4) is 0 Å². The lowest BCUT2D eigenvalue weighted by Gasteiger charge is -2.06. The number of benzene rings is 3. The summed E-state index contributed by atoms with van der Waals surface area (Å²) in [5.41, 5.74) is -0.0930. The Kier molecular flexibility index (Phi) is 4.36. The van der Waals surface area contributed by atoms with Crippen molar-refractivity contribution in [3.8, 4) is 6.07 Å². The molecule has 4 rings (SSSR count). The van der Waals surface area contributed by atoms with Crippen LogP contribution in [0.4, 0.5) is 13.2 Å². The minimum atomic E-state index is -4.46. The van der Waals surface area contributed by atoms with E-state index in [1.165, 1.54) is 6.07 Å². The van der Waals surface area contributed by atoms with Crippen LogP contribution in [0.1, 0.15) is 26.8 Å². The SMILES string of the molecule is N#C[C@@H](C(=O)c1ccc2ccccc2c1)c1nc2ccc(C(F)(F)F)cc2s1. The molecular formula is C21H11F3N2OS. The number of carbonyl (C=O) groups excluding carboxylic acids is 1. The van der Waals surface area contributed by atoms with Gasteiger partial charge in [-0.3, -0.25) is 4.79 Å². The van der Waals surface area contributed by atoms with E-state index in [0.717, 1.165) is 34.2 Å². The summed E-state index contributed by atoms with van der Waals surface area (Å²) in [6.45, 7) is 0. The maximum atomic E-state index is 12.9. The molecular weight excluding hydrogens is 385 g/mol. The van der Waals surface area contributed by atoms with Crippen molar-refractivity contribution in [1.29, 1.82) is 5.26 Å². The third-order valence-electron chi connectivity index (χ3n) is 4.40. The standard InChI is InChI=1S/C21H11F3N2OS/c22-21(23,24)15-7-8-17-18(10-15)28-20(26-17)16(11-25)19(27)14-6-5-12-3-1-2-4-13(12)9-14/h1-10,16H/t16-/m0/s1. The average Bonchev–Trinajstić information content (AvgIpc) is 3.10. The number of nitriles is 1.